The maximum atomic E-state index is 12.4. The Morgan fingerprint density at radius 2 is 1.86 bits per heavy atom. The van der Waals surface area contributed by atoms with Crippen molar-refractivity contribution in [2.24, 2.45) is 0 Å². The lowest BCUT2D eigenvalue weighted by Gasteiger charge is -2.32. The van der Waals surface area contributed by atoms with Crippen molar-refractivity contribution < 1.29 is 14.6 Å². The molecule has 112 valence electrons. The molecule has 3 heteroatoms. The van der Waals surface area contributed by atoms with Crippen LogP contribution in [0, 0.1) is 0 Å². The number of benzene rings is 2. The van der Waals surface area contributed by atoms with Gasteiger partial charge < -0.3 is 9.84 Å². The minimum Gasteiger partial charge on any atom is -0.508 e. The zero-order chi connectivity index (χ0) is 15.7. The highest BCUT2D eigenvalue weighted by Gasteiger charge is 2.34. The number of carbonyl (C=O) groups excluding carboxylic acids is 1. The number of hydrogen-bond acceptors (Lipinski definition) is 3. The van der Waals surface area contributed by atoms with Crippen LogP contribution in [0.5, 0.6) is 11.5 Å². The predicted octanol–water partition coefficient (Wildman–Crippen LogP) is 4.31. The van der Waals surface area contributed by atoms with Crippen molar-refractivity contribution in [1.82, 2.24) is 0 Å². The minimum atomic E-state index is -0.543. The molecule has 0 amide bonds. The van der Waals surface area contributed by atoms with E-state index in [9.17, 15) is 9.90 Å². The van der Waals surface area contributed by atoms with Crippen molar-refractivity contribution in [2.75, 3.05) is 0 Å². The smallest absolute Gasteiger partial charge is 0.171 e. The van der Waals surface area contributed by atoms with Crippen molar-refractivity contribution in [1.29, 1.82) is 0 Å². The summed E-state index contributed by atoms with van der Waals surface area (Å²) in [5.41, 5.74) is 1.71. The minimum absolute atomic E-state index is 0.0407. The van der Waals surface area contributed by atoms with Crippen molar-refractivity contribution in [3.05, 3.63) is 59.2 Å². The zero-order valence-electron chi connectivity index (χ0n) is 12.7. The Balaban J connectivity index is 2.04. The van der Waals surface area contributed by atoms with E-state index >= 15 is 0 Å². The van der Waals surface area contributed by atoms with Gasteiger partial charge in [0.2, 0.25) is 0 Å². The summed E-state index contributed by atoms with van der Waals surface area (Å²) in [4.78, 5) is 12.4. The lowest BCUT2D eigenvalue weighted by atomic mass is 9.90. The monoisotopic (exact) mass is 294 g/mol. The Kier molecular flexibility index (Phi) is 3.49. The van der Waals surface area contributed by atoms with Gasteiger partial charge in [-0.05, 0) is 31.0 Å². The molecular formula is C19H18O3. The number of carbonyl (C=O) groups is 1. The third-order valence-corrected chi connectivity index (χ3v) is 3.62. The third kappa shape index (κ3) is 2.89. The number of phenolic OH excluding ortho intramolecular Hbond substituents is 1. The van der Waals surface area contributed by atoms with E-state index in [-0.39, 0.29) is 11.5 Å². The first-order chi connectivity index (χ1) is 10.4. The van der Waals surface area contributed by atoms with Crippen LogP contribution in [-0.4, -0.2) is 16.5 Å². The molecule has 0 radical (unpaired) electrons. The summed E-state index contributed by atoms with van der Waals surface area (Å²) in [6, 6.07) is 12.9. The maximum absolute atomic E-state index is 12.4. The zero-order valence-corrected chi connectivity index (χ0v) is 12.7. The van der Waals surface area contributed by atoms with Crippen LogP contribution >= 0.6 is 0 Å². The van der Waals surface area contributed by atoms with E-state index in [2.05, 4.69) is 0 Å². The topological polar surface area (TPSA) is 46.5 Å². The van der Waals surface area contributed by atoms with Gasteiger partial charge in [0.25, 0.3) is 0 Å². The fourth-order valence-corrected chi connectivity index (χ4v) is 2.69. The highest BCUT2D eigenvalue weighted by atomic mass is 16.5. The molecule has 0 aromatic heterocycles. The molecule has 0 atom stereocenters. The third-order valence-electron chi connectivity index (χ3n) is 3.62. The molecular weight excluding hydrogens is 276 g/mol. The average Bonchev–Trinajstić information content (AvgIpc) is 2.43. The van der Waals surface area contributed by atoms with Crippen LogP contribution in [-0.2, 0) is 0 Å². The highest BCUT2D eigenvalue weighted by Crippen LogP contribution is 2.38. The lowest BCUT2D eigenvalue weighted by Crippen LogP contribution is -2.36. The standard InChI is InChI=1S/C19H18O3/c1-19(2)12-16(21)18-14(10-15(20)11-17(18)22-19)9-8-13-6-4-3-5-7-13/h3-11,20H,12H2,1-2H3/b9-8+. The second kappa shape index (κ2) is 5.34. The fourth-order valence-electron chi connectivity index (χ4n) is 2.69. The quantitative estimate of drug-likeness (QED) is 0.840. The summed E-state index contributed by atoms with van der Waals surface area (Å²) in [6.45, 7) is 3.74. The fraction of sp³-hybridized carbons (Fsp3) is 0.211. The van der Waals surface area contributed by atoms with Gasteiger partial charge in [-0.15, -0.1) is 0 Å². The van der Waals surface area contributed by atoms with E-state index in [1.165, 1.54) is 6.07 Å². The first-order valence-corrected chi connectivity index (χ1v) is 7.27. The number of Topliss-reactive ketones (excluding diaryl/α,β-unsaturated/α-hetero) is 1. The van der Waals surface area contributed by atoms with Gasteiger partial charge in [0, 0.05) is 6.07 Å². The number of ether oxygens (including phenoxy) is 1. The molecule has 2 aromatic rings. The van der Waals surface area contributed by atoms with Crippen LogP contribution < -0.4 is 4.74 Å². The average molecular weight is 294 g/mol. The molecule has 1 aliphatic heterocycles. The summed E-state index contributed by atoms with van der Waals surface area (Å²) in [5.74, 6) is 0.588. The summed E-state index contributed by atoms with van der Waals surface area (Å²) in [7, 11) is 0. The van der Waals surface area contributed by atoms with Crippen LogP contribution in [0.1, 0.15) is 41.8 Å². The normalized spacial score (nSPS) is 16.4. The first-order valence-electron chi connectivity index (χ1n) is 7.27. The maximum Gasteiger partial charge on any atom is 0.171 e. The summed E-state index contributed by atoms with van der Waals surface area (Å²) in [6.07, 6.45) is 4.09. The largest absolute Gasteiger partial charge is 0.508 e. The number of hydrogen-bond donors (Lipinski definition) is 1. The SMILES string of the molecule is CC1(C)CC(=O)c2c(/C=C/c3ccccc3)cc(O)cc2O1. The van der Waals surface area contributed by atoms with Crippen LogP contribution in [0.15, 0.2) is 42.5 Å². The van der Waals surface area contributed by atoms with Crippen LogP contribution in [0.2, 0.25) is 0 Å². The number of phenols is 1. The molecule has 1 heterocycles. The van der Waals surface area contributed by atoms with Crippen molar-refractivity contribution >= 4 is 17.9 Å². The summed E-state index contributed by atoms with van der Waals surface area (Å²) >= 11 is 0. The van der Waals surface area contributed by atoms with E-state index in [0.717, 1.165) is 5.56 Å². The van der Waals surface area contributed by atoms with E-state index in [4.69, 9.17) is 4.74 Å². The Hall–Kier alpha value is -2.55. The van der Waals surface area contributed by atoms with E-state index in [1.807, 2.05) is 56.3 Å². The molecule has 3 rings (SSSR count). The number of fused-ring (bicyclic) bond motifs is 1. The van der Waals surface area contributed by atoms with E-state index in [0.29, 0.717) is 23.3 Å². The Labute approximate surface area is 129 Å². The molecule has 0 fully saturated rings. The summed E-state index contributed by atoms with van der Waals surface area (Å²) in [5, 5.41) is 9.90. The molecule has 0 bridgehead atoms. The van der Waals surface area contributed by atoms with Crippen LogP contribution in [0.25, 0.3) is 12.2 Å². The molecule has 0 saturated carbocycles. The molecule has 0 unspecified atom stereocenters. The second-order valence-corrected chi connectivity index (χ2v) is 6.11. The van der Waals surface area contributed by atoms with Gasteiger partial charge in [-0.2, -0.15) is 0 Å². The molecule has 0 spiro atoms. The second-order valence-electron chi connectivity index (χ2n) is 6.11. The number of ketones is 1. The number of rotatable bonds is 2. The van der Waals surface area contributed by atoms with Gasteiger partial charge in [0.1, 0.15) is 17.1 Å². The Morgan fingerprint density at radius 3 is 2.59 bits per heavy atom. The van der Waals surface area contributed by atoms with Gasteiger partial charge in [0.05, 0.1) is 12.0 Å². The molecule has 3 nitrogen and oxygen atoms in total. The van der Waals surface area contributed by atoms with Crippen molar-refractivity contribution in [3.8, 4) is 11.5 Å². The molecule has 1 N–H and O–H groups in total. The molecule has 2 aromatic carbocycles. The lowest BCUT2D eigenvalue weighted by molar-refractivity contribution is 0.0618. The highest BCUT2D eigenvalue weighted by molar-refractivity contribution is 6.04. The molecule has 22 heavy (non-hydrogen) atoms. The predicted molar refractivity (Wildman–Crippen MR) is 87.1 cm³/mol. The molecule has 1 aliphatic rings. The van der Waals surface area contributed by atoms with Crippen molar-refractivity contribution in [3.63, 3.8) is 0 Å². The van der Waals surface area contributed by atoms with Gasteiger partial charge in [0.15, 0.2) is 5.78 Å². The first kappa shape index (κ1) is 14.4. The Morgan fingerprint density at radius 1 is 1.14 bits per heavy atom. The number of aromatic hydroxyl groups is 1. The Bertz CT molecular complexity index is 743. The van der Waals surface area contributed by atoms with E-state index < -0.39 is 5.60 Å². The van der Waals surface area contributed by atoms with Crippen molar-refractivity contribution in [2.45, 2.75) is 25.9 Å². The summed E-state index contributed by atoms with van der Waals surface area (Å²) < 4.78 is 5.85. The molecule has 0 saturated heterocycles. The van der Waals surface area contributed by atoms with Crippen LogP contribution in [0.4, 0.5) is 0 Å². The van der Waals surface area contributed by atoms with Crippen LogP contribution in [0.3, 0.4) is 0 Å². The van der Waals surface area contributed by atoms with Gasteiger partial charge >= 0.3 is 0 Å². The van der Waals surface area contributed by atoms with E-state index in [1.54, 1.807) is 6.07 Å². The molecule has 0 aliphatic carbocycles. The van der Waals surface area contributed by atoms with Gasteiger partial charge in [-0.25, -0.2) is 0 Å². The van der Waals surface area contributed by atoms with Gasteiger partial charge in [-0.1, -0.05) is 42.5 Å². The van der Waals surface area contributed by atoms with Gasteiger partial charge in [-0.3, -0.25) is 4.79 Å².